The molecule has 0 spiro atoms. The number of aliphatic hydroxyl groups is 3. The van der Waals surface area contributed by atoms with E-state index in [0.29, 0.717) is 5.52 Å². The van der Waals surface area contributed by atoms with Crippen LogP contribution < -0.4 is 0 Å². The number of hydrogen-bond acceptors (Lipinski definition) is 7. The number of hydrogen-bond donors (Lipinski definition) is 3. The van der Waals surface area contributed by atoms with E-state index < -0.39 is 31.1 Å². The van der Waals surface area contributed by atoms with Crippen molar-refractivity contribution in [2.24, 2.45) is 0 Å². The smallest absolute Gasteiger partial charge is 0.225 e. The lowest BCUT2D eigenvalue weighted by Gasteiger charge is -2.16. The Morgan fingerprint density at radius 2 is 2.00 bits per heavy atom. The molecule has 8 nitrogen and oxygen atoms in total. The lowest BCUT2D eigenvalue weighted by atomic mass is 10.1. The minimum Gasteiger partial charge on any atom is -0.394 e. The van der Waals surface area contributed by atoms with Gasteiger partial charge >= 0.3 is 0 Å². The monoisotopic (exact) mass is 320 g/mol. The van der Waals surface area contributed by atoms with Gasteiger partial charge in [0.1, 0.15) is 23.8 Å². The van der Waals surface area contributed by atoms with E-state index in [-0.39, 0.29) is 16.1 Å². The van der Waals surface area contributed by atoms with Gasteiger partial charge in [-0.2, -0.15) is 4.98 Å². The molecule has 3 N–H and O–H groups in total. The van der Waals surface area contributed by atoms with Crippen molar-refractivity contribution in [3.63, 3.8) is 0 Å². The standard InChI is InChI=1S/C10H10Cl2N4O4/c11-7-4-8(15-10(12)14-7)16(2-13-4)9-6(19)5(18)3(1-17)20-9/h2-3,5-6,9,17-19H,1H2/t3-,5-,6-,9?/m1/s1. The molecule has 0 radical (unpaired) electrons. The maximum absolute atomic E-state index is 9.98. The van der Waals surface area contributed by atoms with Gasteiger partial charge in [-0.25, -0.2) is 9.97 Å². The number of ether oxygens (including phenoxy) is 1. The van der Waals surface area contributed by atoms with Crippen molar-refractivity contribution in [2.45, 2.75) is 24.5 Å². The number of rotatable bonds is 2. The summed E-state index contributed by atoms with van der Waals surface area (Å²) < 4.78 is 6.78. The van der Waals surface area contributed by atoms with Crippen LogP contribution in [0.5, 0.6) is 0 Å². The van der Waals surface area contributed by atoms with Crippen LogP contribution in [0, 0.1) is 0 Å². The SMILES string of the molecule is OC[C@H]1OC(n2cnc3c(Cl)nc(Cl)nc32)[C@H](O)[C@@H]1O. The number of aliphatic hydroxyl groups excluding tert-OH is 3. The molecule has 0 amide bonds. The van der Waals surface area contributed by atoms with Crippen LogP contribution in [-0.2, 0) is 4.74 Å². The van der Waals surface area contributed by atoms with Crippen molar-refractivity contribution >= 4 is 34.4 Å². The Balaban J connectivity index is 2.07. The van der Waals surface area contributed by atoms with Gasteiger partial charge in [-0.1, -0.05) is 11.6 Å². The van der Waals surface area contributed by atoms with Crippen molar-refractivity contribution in [3.8, 4) is 0 Å². The zero-order chi connectivity index (χ0) is 14.4. The zero-order valence-corrected chi connectivity index (χ0v) is 11.4. The third kappa shape index (κ3) is 2.05. The molecule has 10 heteroatoms. The average molecular weight is 321 g/mol. The number of aromatic nitrogens is 4. The molecule has 0 aromatic carbocycles. The first-order valence-electron chi connectivity index (χ1n) is 5.71. The Bertz CT molecular complexity index is 651. The van der Waals surface area contributed by atoms with Crippen LogP contribution >= 0.6 is 23.2 Å². The van der Waals surface area contributed by atoms with Gasteiger partial charge in [-0.15, -0.1) is 0 Å². The summed E-state index contributed by atoms with van der Waals surface area (Å²) in [6.07, 6.45) is -2.94. The zero-order valence-electron chi connectivity index (χ0n) is 9.89. The third-order valence-electron chi connectivity index (χ3n) is 3.14. The van der Waals surface area contributed by atoms with Gasteiger partial charge in [-0.3, -0.25) is 4.57 Å². The molecular formula is C10H10Cl2N4O4. The molecule has 3 heterocycles. The molecule has 3 rings (SSSR count). The molecule has 20 heavy (non-hydrogen) atoms. The number of fused-ring (bicyclic) bond motifs is 1. The van der Waals surface area contributed by atoms with Gasteiger partial charge in [0.15, 0.2) is 17.0 Å². The lowest BCUT2D eigenvalue weighted by Crippen LogP contribution is -2.33. The molecule has 4 atom stereocenters. The topological polar surface area (TPSA) is 114 Å². The molecule has 0 aliphatic carbocycles. The second-order valence-electron chi connectivity index (χ2n) is 4.34. The van der Waals surface area contributed by atoms with E-state index in [0.717, 1.165) is 0 Å². The van der Waals surface area contributed by atoms with E-state index in [1.807, 2.05) is 0 Å². The molecule has 0 saturated carbocycles. The first-order chi connectivity index (χ1) is 9.52. The van der Waals surface area contributed by atoms with Crippen molar-refractivity contribution in [1.29, 1.82) is 0 Å². The highest BCUT2D eigenvalue weighted by Gasteiger charge is 2.44. The van der Waals surface area contributed by atoms with Gasteiger partial charge in [0.2, 0.25) is 5.28 Å². The summed E-state index contributed by atoms with van der Waals surface area (Å²) in [5.74, 6) is 0. The van der Waals surface area contributed by atoms with Crippen LogP contribution in [0.1, 0.15) is 6.23 Å². The predicted molar refractivity (Wildman–Crippen MR) is 68.4 cm³/mol. The Morgan fingerprint density at radius 3 is 2.65 bits per heavy atom. The van der Waals surface area contributed by atoms with Gasteiger partial charge in [0.25, 0.3) is 0 Å². The molecule has 2 aromatic rings. The normalized spacial score (nSPS) is 30.2. The van der Waals surface area contributed by atoms with Crippen molar-refractivity contribution < 1.29 is 20.1 Å². The van der Waals surface area contributed by atoms with Crippen molar-refractivity contribution in [2.75, 3.05) is 6.61 Å². The van der Waals surface area contributed by atoms with Crippen LogP contribution in [0.25, 0.3) is 11.2 Å². The molecule has 1 aliphatic heterocycles. The highest BCUT2D eigenvalue weighted by Crippen LogP contribution is 2.32. The predicted octanol–water partition coefficient (Wildman–Crippen LogP) is -0.255. The highest BCUT2D eigenvalue weighted by molar-refractivity contribution is 6.35. The van der Waals surface area contributed by atoms with E-state index in [1.165, 1.54) is 10.9 Å². The van der Waals surface area contributed by atoms with Crippen LogP contribution in [0.3, 0.4) is 0 Å². The second-order valence-corrected chi connectivity index (χ2v) is 5.03. The molecule has 1 saturated heterocycles. The summed E-state index contributed by atoms with van der Waals surface area (Å²) in [6, 6.07) is 0. The molecule has 2 aromatic heterocycles. The highest BCUT2D eigenvalue weighted by atomic mass is 35.5. The van der Waals surface area contributed by atoms with Crippen molar-refractivity contribution in [1.82, 2.24) is 19.5 Å². The Hall–Kier alpha value is -1.03. The second kappa shape index (κ2) is 5.06. The van der Waals surface area contributed by atoms with E-state index in [1.54, 1.807) is 0 Å². The van der Waals surface area contributed by atoms with E-state index >= 15 is 0 Å². The molecule has 1 fully saturated rings. The quantitative estimate of drug-likeness (QED) is 0.516. The molecule has 1 aliphatic rings. The fourth-order valence-corrected chi connectivity index (χ4v) is 2.57. The van der Waals surface area contributed by atoms with Crippen LogP contribution in [-0.4, -0.2) is 59.8 Å². The van der Waals surface area contributed by atoms with E-state index in [9.17, 15) is 10.2 Å². The maximum Gasteiger partial charge on any atom is 0.225 e. The van der Waals surface area contributed by atoms with Crippen LogP contribution in [0.4, 0.5) is 0 Å². The van der Waals surface area contributed by atoms with E-state index in [4.69, 9.17) is 33.0 Å². The average Bonchev–Trinajstić information content (AvgIpc) is 2.93. The molecular weight excluding hydrogens is 311 g/mol. The number of imidazole rings is 1. The van der Waals surface area contributed by atoms with Crippen LogP contribution in [0.15, 0.2) is 6.33 Å². The summed E-state index contributed by atoms with van der Waals surface area (Å²) in [5, 5.41) is 28.8. The maximum atomic E-state index is 9.98. The molecule has 1 unspecified atom stereocenters. The third-order valence-corrected chi connectivity index (χ3v) is 3.58. The fourth-order valence-electron chi connectivity index (χ4n) is 2.15. The van der Waals surface area contributed by atoms with Gasteiger partial charge < -0.3 is 20.1 Å². The molecule has 0 bridgehead atoms. The van der Waals surface area contributed by atoms with E-state index in [2.05, 4.69) is 15.0 Å². The Labute approximate surface area is 122 Å². The molecule has 108 valence electrons. The number of nitrogens with zero attached hydrogens (tertiary/aromatic N) is 4. The minimum atomic E-state index is -1.24. The number of halogens is 2. The van der Waals surface area contributed by atoms with Gasteiger partial charge in [0.05, 0.1) is 12.9 Å². The lowest BCUT2D eigenvalue weighted by molar-refractivity contribution is -0.0511. The first-order valence-corrected chi connectivity index (χ1v) is 6.46. The summed E-state index contributed by atoms with van der Waals surface area (Å²) in [6.45, 7) is -0.419. The summed E-state index contributed by atoms with van der Waals surface area (Å²) in [4.78, 5) is 11.8. The van der Waals surface area contributed by atoms with Gasteiger partial charge in [0, 0.05) is 0 Å². The largest absolute Gasteiger partial charge is 0.394 e. The van der Waals surface area contributed by atoms with Crippen molar-refractivity contribution in [3.05, 3.63) is 16.8 Å². The first kappa shape index (κ1) is 13.9. The minimum absolute atomic E-state index is 0.0732. The summed E-state index contributed by atoms with van der Waals surface area (Å²) in [5.41, 5.74) is 0.568. The van der Waals surface area contributed by atoms with Gasteiger partial charge in [-0.05, 0) is 11.6 Å². The van der Waals surface area contributed by atoms with Crippen LogP contribution in [0.2, 0.25) is 10.4 Å². The summed E-state index contributed by atoms with van der Waals surface area (Å²) in [7, 11) is 0. The Kier molecular flexibility index (Phi) is 3.53. The Morgan fingerprint density at radius 1 is 1.25 bits per heavy atom. The summed E-state index contributed by atoms with van der Waals surface area (Å²) >= 11 is 11.6. The fraction of sp³-hybridized carbons (Fsp3) is 0.500.